The van der Waals surface area contributed by atoms with Gasteiger partial charge in [-0.3, -0.25) is 23.7 Å². The van der Waals surface area contributed by atoms with Crippen molar-refractivity contribution in [3.63, 3.8) is 0 Å². The third-order valence-electron chi connectivity index (χ3n) is 8.27. The van der Waals surface area contributed by atoms with Crippen molar-refractivity contribution in [1.29, 1.82) is 0 Å². The van der Waals surface area contributed by atoms with Crippen molar-refractivity contribution in [2.45, 2.75) is 68.2 Å². The Balaban J connectivity index is 1.44. The lowest BCUT2D eigenvalue weighted by atomic mass is 9.81. The van der Waals surface area contributed by atoms with Gasteiger partial charge in [-0.25, -0.2) is 4.90 Å². The van der Waals surface area contributed by atoms with Gasteiger partial charge in [0.25, 0.3) is 0 Å². The summed E-state index contributed by atoms with van der Waals surface area (Å²) in [6.07, 6.45) is 3.03. The van der Waals surface area contributed by atoms with Crippen LogP contribution in [0.3, 0.4) is 0 Å². The quantitative estimate of drug-likeness (QED) is 0.356. The molecule has 6 rings (SSSR count). The molecule has 7 nitrogen and oxygen atoms in total. The Hall–Kier alpha value is -2.88. The van der Waals surface area contributed by atoms with Crippen molar-refractivity contribution in [1.82, 2.24) is 9.47 Å². The van der Waals surface area contributed by atoms with E-state index in [0.717, 1.165) is 46.6 Å². The van der Waals surface area contributed by atoms with Gasteiger partial charge in [0, 0.05) is 28.9 Å². The fourth-order valence-corrected chi connectivity index (χ4v) is 8.93. The van der Waals surface area contributed by atoms with Crippen LogP contribution >= 0.6 is 34.7 Å². The van der Waals surface area contributed by atoms with E-state index < -0.39 is 17.1 Å². The van der Waals surface area contributed by atoms with E-state index in [2.05, 4.69) is 32.9 Å². The molecule has 41 heavy (non-hydrogen) atoms. The Morgan fingerprint density at radius 3 is 2.22 bits per heavy atom. The summed E-state index contributed by atoms with van der Waals surface area (Å²) in [5.41, 5.74) is 2.45. The molecular formula is C31H32ClN3O4S2. The minimum Gasteiger partial charge on any atom is -0.341 e. The van der Waals surface area contributed by atoms with Crippen LogP contribution in [0, 0.1) is 5.92 Å². The van der Waals surface area contributed by atoms with Crippen molar-refractivity contribution in [3.05, 3.63) is 79.2 Å². The molecule has 3 aromatic rings. The molecule has 3 amide bonds. The van der Waals surface area contributed by atoms with E-state index in [-0.39, 0.29) is 34.6 Å². The molecule has 214 valence electrons. The Labute approximate surface area is 252 Å². The maximum absolute atomic E-state index is 14.0. The Morgan fingerprint density at radius 2 is 1.59 bits per heavy atom. The summed E-state index contributed by atoms with van der Waals surface area (Å²) in [7, 11) is 0. The van der Waals surface area contributed by atoms with Gasteiger partial charge in [-0.15, -0.1) is 0 Å². The second-order valence-corrected chi connectivity index (χ2v) is 14.5. The maximum Gasteiger partial charge on any atom is 0.308 e. The number of carbonyl (C=O) groups excluding carboxylic acids is 3. The van der Waals surface area contributed by atoms with Crippen LogP contribution in [0.15, 0.2) is 58.4 Å². The Bertz CT molecular complexity index is 1570. The number of amides is 3. The molecular weight excluding hydrogens is 578 g/mol. The van der Waals surface area contributed by atoms with Crippen LogP contribution in [-0.4, -0.2) is 45.5 Å². The first kappa shape index (κ1) is 28.2. The first-order valence-electron chi connectivity index (χ1n) is 14.0. The third-order valence-corrected chi connectivity index (χ3v) is 11.1. The lowest BCUT2D eigenvalue weighted by molar-refractivity contribution is -0.133. The lowest BCUT2D eigenvalue weighted by Gasteiger charge is -2.31. The van der Waals surface area contributed by atoms with Gasteiger partial charge in [0.05, 0.1) is 16.6 Å². The number of thioether (sulfide) groups is 1. The molecule has 0 spiro atoms. The zero-order valence-corrected chi connectivity index (χ0v) is 25.7. The molecule has 0 saturated carbocycles. The van der Waals surface area contributed by atoms with Crippen LogP contribution in [0.25, 0.3) is 0 Å². The second kappa shape index (κ2) is 10.7. The minimum absolute atomic E-state index is 0.0534. The van der Waals surface area contributed by atoms with Crippen LogP contribution in [-0.2, 0) is 26.3 Å². The number of likely N-dealkylation sites (tertiary alicyclic amines) is 1. The summed E-state index contributed by atoms with van der Waals surface area (Å²) in [6, 6.07) is 14.8. The molecule has 1 aromatic heterocycles. The van der Waals surface area contributed by atoms with E-state index in [0.29, 0.717) is 28.8 Å². The van der Waals surface area contributed by atoms with Crippen LogP contribution < -0.4 is 9.77 Å². The number of piperidine rings is 1. The predicted molar refractivity (Wildman–Crippen MR) is 163 cm³/mol. The number of fused-ring (bicyclic) bond motifs is 2. The highest BCUT2D eigenvalue weighted by atomic mass is 35.5. The maximum atomic E-state index is 14.0. The molecule has 3 aliphatic heterocycles. The Morgan fingerprint density at radius 1 is 0.927 bits per heavy atom. The summed E-state index contributed by atoms with van der Waals surface area (Å²) >= 11 is 8.42. The van der Waals surface area contributed by atoms with E-state index in [1.54, 1.807) is 24.3 Å². The smallest absolute Gasteiger partial charge is 0.308 e. The van der Waals surface area contributed by atoms with E-state index in [4.69, 9.17) is 11.6 Å². The molecule has 4 heterocycles. The lowest BCUT2D eigenvalue weighted by Crippen LogP contribution is -2.39. The van der Waals surface area contributed by atoms with E-state index in [9.17, 15) is 19.2 Å². The van der Waals surface area contributed by atoms with Gasteiger partial charge >= 0.3 is 4.87 Å². The van der Waals surface area contributed by atoms with E-state index >= 15 is 0 Å². The monoisotopic (exact) mass is 609 g/mol. The van der Waals surface area contributed by atoms with Crippen molar-refractivity contribution in [2.24, 2.45) is 5.92 Å². The fourth-order valence-electron chi connectivity index (χ4n) is 6.03. The summed E-state index contributed by atoms with van der Waals surface area (Å²) in [5.74, 6) is -1.86. The number of hydrogen-bond donors (Lipinski definition) is 0. The van der Waals surface area contributed by atoms with Gasteiger partial charge in [-0.1, -0.05) is 79.7 Å². The van der Waals surface area contributed by atoms with Gasteiger partial charge in [-0.2, -0.15) is 0 Å². The standard InChI is InChI=1S/C31H32ClN3O4S2/c1-31(2,3)19-9-7-18(8-10-19)23-24-25(28(38)35(27(24)37)21-13-11-20(32)12-14-21)40-29-26(23)41-30(39)34(29)17-22(36)33-15-5-4-6-16-33/h7-14,23-25H,4-6,15-17H2,1-3H3/t23-,24?,25?/m0/s1. The van der Waals surface area contributed by atoms with Gasteiger partial charge in [0.2, 0.25) is 17.7 Å². The molecule has 0 aliphatic carbocycles. The van der Waals surface area contributed by atoms with E-state index in [1.165, 1.54) is 21.2 Å². The molecule has 3 atom stereocenters. The van der Waals surface area contributed by atoms with Crippen LogP contribution in [0.4, 0.5) is 5.69 Å². The fraction of sp³-hybridized carbons (Fsp3) is 0.419. The summed E-state index contributed by atoms with van der Waals surface area (Å²) < 4.78 is 1.52. The zero-order chi connectivity index (χ0) is 29.1. The van der Waals surface area contributed by atoms with Gasteiger partial charge < -0.3 is 4.90 Å². The first-order valence-corrected chi connectivity index (χ1v) is 16.0. The summed E-state index contributed by atoms with van der Waals surface area (Å²) in [6.45, 7) is 7.76. The normalized spacial score (nSPS) is 22.6. The number of aromatic nitrogens is 1. The average molecular weight is 610 g/mol. The molecule has 0 radical (unpaired) electrons. The minimum atomic E-state index is -0.719. The second-order valence-electron chi connectivity index (χ2n) is 12.0. The number of halogens is 1. The van der Waals surface area contributed by atoms with Crippen molar-refractivity contribution in [2.75, 3.05) is 18.0 Å². The molecule has 3 aliphatic rings. The van der Waals surface area contributed by atoms with Crippen molar-refractivity contribution >= 4 is 58.1 Å². The number of benzene rings is 2. The average Bonchev–Trinajstić information content (AvgIpc) is 3.40. The predicted octanol–water partition coefficient (Wildman–Crippen LogP) is 5.67. The van der Waals surface area contributed by atoms with Crippen molar-refractivity contribution < 1.29 is 14.4 Å². The highest BCUT2D eigenvalue weighted by Crippen LogP contribution is 2.54. The topological polar surface area (TPSA) is 79.7 Å². The van der Waals surface area contributed by atoms with Gasteiger partial charge in [-0.05, 0) is 60.1 Å². The number of anilines is 1. The number of nitrogens with zero attached hydrogens (tertiary/aromatic N) is 3. The highest BCUT2D eigenvalue weighted by Gasteiger charge is 2.56. The van der Waals surface area contributed by atoms with E-state index in [1.807, 2.05) is 17.0 Å². The molecule has 10 heteroatoms. The number of carbonyl (C=O) groups is 3. The van der Waals surface area contributed by atoms with Crippen LogP contribution in [0.5, 0.6) is 0 Å². The molecule has 2 aromatic carbocycles. The Kier molecular flexibility index (Phi) is 7.41. The third kappa shape index (κ3) is 5.06. The van der Waals surface area contributed by atoms with Crippen molar-refractivity contribution in [3.8, 4) is 0 Å². The largest absolute Gasteiger partial charge is 0.341 e. The zero-order valence-electron chi connectivity index (χ0n) is 23.3. The number of hydrogen-bond acceptors (Lipinski definition) is 6. The number of thiazole rings is 1. The SMILES string of the molecule is CC(C)(C)c1ccc([C@@H]2c3sc(=O)n(CC(=O)N4CCCCC4)c3SC3C(=O)N(c4ccc(Cl)cc4)C(=O)C32)cc1. The summed E-state index contributed by atoms with van der Waals surface area (Å²) in [4.78, 5) is 58.1. The molecule has 2 unspecified atom stereocenters. The number of rotatable bonds is 4. The molecule has 2 fully saturated rings. The molecule has 2 saturated heterocycles. The van der Waals surface area contributed by atoms with Crippen LogP contribution in [0.1, 0.15) is 62.0 Å². The first-order chi connectivity index (χ1) is 19.5. The van der Waals surface area contributed by atoms with Gasteiger partial charge in [0.1, 0.15) is 11.8 Å². The molecule has 0 N–H and O–H groups in total. The van der Waals surface area contributed by atoms with Crippen LogP contribution in [0.2, 0.25) is 5.02 Å². The highest BCUT2D eigenvalue weighted by molar-refractivity contribution is 8.00. The number of imide groups is 1. The molecule has 0 bridgehead atoms. The van der Waals surface area contributed by atoms with Gasteiger partial charge in [0.15, 0.2) is 0 Å². The summed E-state index contributed by atoms with van der Waals surface area (Å²) in [5, 5.41) is 0.417.